The molecule has 154 valence electrons. The van der Waals surface area contributed by atoms with Crippen LogP contribution in [0.15, 0.2) is 60.7 Å². The first-order valence-corrected chi connectivity index (χ1v) is 10.2. The average molecular weight is 404 g/mol. The fraction of sp³-hybridized carbons (Fsp3) is 0.348. The van der Waals surface area contributed by atoms with Crippen LogP contribution in [0.4, 0.5) is 0 Å². The standard InChI is InChI=1S/C23H24N4O3/c28-13-20(29)26-12-11-23(15-26)16-27-19(14-30-23)24-25-22(27)21(17-7-3-1-4-8-17)18-9-5-2-6-10-18/h1-10,21,28H,11-16H2. The molecule has 1 saturated heterocycles. The summed E-state index contributed by atoms with van der Waals surface area (Å²) < 4.78 is 8.35. The quantitative estimate of drug-likeness (QED) is 0.719. The van der Waals surface area contributed by atoms with Gasteiger partial charge >= 0.3 is 0 Å². The van der Waals surface area contributed by atoms with Gasteiger partial charge in [0.15, 0.2) is 5.82 Å². The Morgan fingerprint density at radius 1 is 1.03 bits per heavy atom. The van der Waals surface area contributed by atoms with E-state index in [4.69, 9.17) is 4.74 Å². The highest BCUT2D eigenvalue weighted by Crippen LogP contribution is 2.37. The van der Waals surface area contributed by atoms with Gasteiger partial charge in [0.05, 0.1) is 19.0 Å². The van der Waals surface area contributed by atoms with E-state index < -0.39 is 12.2 Å². The first-order valence-electron chi connectivity index (χ1n) is 10.2. The smallest absolute Gasteiger partial charge is 0.248 e. The van der Waals surface area contributed by atoms with Crippen LogP contribution in [0, 0.1) is 0 Å². The number of nitrogens with zero attached hydrogens (tertiary/aromatic N) is 4. The summed E-state index contributed by atoms with van der Waals surface area (Å²) in [5.74, 6) is 1.40. The molecule has 1 amide bonds. The number of aliphatic hydroxyl groups excluding tert-OH is 1. The second-order valence-corrected chi connectivity index (χ2v) is 8.01. The van der Waals surface area contributed by atoms with Crippen LogP contribution in [0.25, 0.3) is 0 Å². The van der Waals surface area contributed by atoms with Gasteiger partial charge in [-0.3, -0.25) is 4.79 Å². The van der Waals surface area contributed by atoms with Gasteiger partial charge < -0.3 is 19.3 Å². The minimum absolute atomic E-state index is 0.0413. The minimum Gasteiger partial charge on any atom is -0.387 e. The highest BCUT2D eigenvalue weighted by molar-refractivity contribution is 5.77. The summed E-state index contributed by atoms with van der Waals surface area (Å²) in [7, 11) is 0. The maximum absolute atomic E-state index is 12.0. The molecule has 2 aliphatic heterocycles. The molecular weight excluding hydrogens is 380 g/mol. The Morgan fingerprint density at radius 3 is 2.33 bits per heavy atom. The van der Waals surface area contributed by atoms with E-state index in [0.717, 1.165) is 29.2 Å². The third-order valence-corrected chi connectivity index (χ3v) is 6.14. The summed E-state index contributed by atoms with van der Waals surface area (Å²) in [6.07, 6.45) is 0.733. The van der Waals surface area contributed by atoms with Gasteiger partial charge in [-0.2, -0.15) is 0 Å². The average Bonchev–Trinajstić information content (AvgIpc) is 3.40. The number of carbonyl (C=O) groups is 1. The zero-order valence-corrected chi connectivity index (χ0v) is 16.6. The lowest BCUT2D eigenvalue weighted by molar-refractivity contribution is -0.136. The monoisotopic (exact) mass is 404 g/mol. The van der Waals surface area contributed by atoms with Gasteiger partial charge in [0.1, 0.15) is 24.6 Å². The molecule has 7 heteroatoms. The number of likely N-dealkylation sites (tertiary alicyclic amines) is 1. The molecule has 2 aliphatic rings. The first-order chi connectivity index (χ1) is 14.7. The summed E-state index contributed by atoms with van der Waals surface area (Å²) in [6.45, 7) is 1.56. The molecule has 0 radical (unpaired) electrons. The summed E-state index contributed by atoms with van der Waals surface area (Å²) in [5.41, 5.74) is 1.85. The van der Waals surface area contributed by atoms with Crippen molar-refractivity contribution in [3.05, 3.63) is 83.4 Å². The van der Waals surface area contributed by atoms with Crippen molar-refractivity contribution in [1.82, 2.24) is 19.7 Å². The van der Waals surface area contributed by atoms with Gasteiger partial charge in [-0.15, -0.1) is 10.2 Å². The molecule has 1 unspecified atom stereocenters. The van der Waals surface area contributed by atoms with E-state index in [1.54, 1.807) is 4.90 Å². The fourth-order valence-electron chi connectivity index (χ4n) is 4.58. The van der Waals surface area contributed by atoms with Crippen LogP contribution >= 0.6 is 0 Å². The van der Waals surface area contributed by atoms with Gasteiger partial charge in [-0.05, 0) is 17.5 Å². The second-order valence-electron chi connectivity index (χ2n) is 8.01. The number of benzene rings is 2. The molecule has 3 heterocycles. The lowest BCUT2D eigenvalue weighted by Gasteiger charge is -2.35. The second kappa shape index (κ2) is 7.66. The number of fused-ring (bicyclic) bond motifs is 1. The molecule has 1 spiro atoms. The van der Waals surface area contributed by atoms with Crippen molar-refractivity contribution in [2.75, 3.05) is 19.7 Å². The fourth-order valence-corrected chi connectivity index (χ4v) is 4.58. The SMILES string of the molecule is O=C(CO)N1CCC2(C1)Cn1c(nnc1C(c1ccccc1)c1ccccc1)CO2. The zero-order chi connectivity index (χ0) is 20.6. The van der Waals surface area contributed by atoms with Crippen LogP contribution in [0.5, 0.6) is 0 Å². The van der Waals surface area contributed by atoms with E-state index in [-0.39, 0.29) is 11.8 Å². The van der Waals surface area contributed by atoms with Crippen molar-refractivity contribution in [3.63, 3.8) is 0 Å². The summed E-state index contributed by atoms with van der Waals surface area (Å²) >= 11 is 0. The highest BCUT2D eigenvalue weighted by Gasteiger charge is 2.45. The normalized spacial score (nSPS) is 20.7. The molecule has 30 heavy (non-hydrogen) atoms. The maximum atomic E-state index is 12.0. The molecule has 7 nitrogen and oxygen atoms in total. The maximum Gasteiger partial charge on any atom is 0.248 e. The molecule has 0 saturated carbocycles. The molecular formula is C23H24N4O3. The number of ether oxygens (including phenoxy) is 1. The largest absolute Gasteiger partial charge is 0.387 e. The molecule has 1 atom stereocenters. The molecule has 1 fully saturated rings. The topological polar surface area (TPSA) is 80.5 Å². The van der Waals surface area contributed by atoms with E-state index in [2.05, 4.69) is 39.0 Å². The molecule has 1 N–H and O–H groups in total. The lowest BCUT2D eigenvalue weighted by atomic mass is 9.90. The van der Waals surface area contributed by atoms with Crippen LogP contribution < -0.4 is 0 Å². The zero-order valence-electron chi connectivity index (χ0n) is 16.6. The number of amides is 1. The summed E-state index contributed by atoms with van der Waals surface area (Å²) in [5, 5.41) is 18.2. The Morgan fingerprint density at radius 2 is 1.70 bits per heavy atom. The molecule has 0 aliphatic carbocycles. The van der Waals surface area contributed by atoms with E-state index >= 15 is 0 Å². The van der Waals surface area contributed by atoms with Gasteiger partial charge in [-0.25, -0.2) is 0 Å². The summed E-state index contributed by atoms with van der Waals surface area (Å²) in [6, 6.07) is 20.7. The van der Waals surface area contributed by atoms with Crippen LogP contribution in [0.1, 0.15) is 35.1 Å². The van der Waals surface area contributed by atoms with Crippen molar-refractivity contribution in [2.24, 2.45) is 0 Å². The van der Waals surface area contributed by atoms with E-state index in [1.165, 1.54) is 0 Å². The van der Waals surface area contributed by atoms with Gasteiger partial charge in [0.25, 0.3) is 0 Å². The number of hydrogen-bond acceptors (Lipinski definition) is 5. The lowest BCUT2D eigenvalue weighted by Crippen LogP contribution is -2.45. The van der Waals surface area contributed by atoms with Crippen molar-refractivity contribution in [2.45, 2.75) is 31.1 Å². The minimum atomic E-state index is -0.469. The Balaban J connectivity index is 1.53. The van der Waals surface area contributed by atoms with Crippen molar-refractivity contribution >= 4 is 5.91 Å². The van der Waals surface area contributed by atoms with E-state index in [0.29, 0.717) is 26.2 Å². The Bertz CT molecular complexity index is 998. The van der Waals surface area contributed by atoms with Crippen LogP contribution in [-0.4, -0.2) is 56.0 Å². The number of carbonyl (C=O) groups excluding carboxylic acids is 1. The molecule has 1 aromatic heterocycles. The van der Waals surface area contributed by atoms with Crippen molar-refractivity contribution < 1.29 is 14.6 Å². The number of aliphatic hydroxyl groups is 1. The molecule has 3 aromatic rings. The Kier molecular flexibility index (Phi) is 4.84. The van der Waals surface area contributed by atoms with E-state index in [9.17, 15) is 9.90 Å². The van der Waals surface area contributed by atoms with Crippen LogP contribution in [0.3, 0.4) is 0 Å². The number of hydrogen-bond donors (Lipinski definition) is 1. The predicted molar refractivity (Wildman–Crippen MR) is 110 cm³/mol. The van der Waals surface area contributed by atoms with Gasteiger partial charge in [0.2, 0.25) is 5.91 Å². The molecule has 0 bridgehead atoms. The Labute approximate surface area is 174 Å². The highest BCUT2D eigenvalue weighted by atomic mass is 16.5. The third kappa shape index (κ3) is 3.30. The number of aromatic nitrogens is 3. The predicted octanol–water partition coefficient (Wildman–Crippen LogP) is 1.95. The van der Waals surface area contributed by atoms with Gasteiger partial charge in [0, 0.05) is 6.54 Å². The molecule has 2 aromatic carbocycles. The third-order valence-electron chi connectivity index (χ3n) is 6.14. The van der Waals surface area contributed by atoms with E-state index in [1.807, 2.05) is 36.4 Å². The Hall–Kier alpha value is -3.03. The van der Waals surface area contributed by atoms with Crippen LogP contribution in [0.2, 0.25) is 0 Å². The first kappa shape index (κ1) is 19.0. The summed E-state index contributed by atoms with van der Waals surface area (Å²) in [4.78, 5) is 13.7. The van der Waals surface area contributed by atoms with Crippen molar-refractivity contribution in [1.29, 1.82) is 0 Å². The van der Waals surface area contributed by atoms with Gasteiger partial charge in [-0.1, -0.05) is 60.7 Å². The molecule has 5 rings (SSSR count). The van der Waals surface area contributed by atoms with Crippen LogP contribution in [-0.2, 0) is 22.7 Å². The van der Waals surface area contributed by atoms with Crippen molar-refractivity contribution in [3.8, 4) is 0 Å². The number of rotatable bonds is 4.